The van der Waals surface area contributed by atoms with E-state index in [9.17, 15) is 4.79 Å². The smallest absolute Gasteiger partial charge is 0.252 e. The predicted octanol–water partition coefficient (Wildman–Crippen LogP) is 0.272. The molecule has 1 aromatic rings. The van der Waals surface area contributed by atoms with Crippen LogP contribution in [-0.4, -0.2) is 30.0 Å². The first-order chi connectivity index (χ1) is 7.99. The SMILES string of the molecule is Cc1ccc(C(N)=O)c(N2CC(C)C(N)C2)n1. The molecule has 0 radical (unpaired) electrons. The summed E-state index contributed by atoms with van der Waals surface area (Å²) in [5.41, 5.74) is 12.7. The number of primary amides is 1. The predicted molar refractivity (Wildman–Crippen MR) is 66.8 cm³/mol. The summed E-state index contributed by atoms with van der Waals surface area (Å²) in [6, 6.07) is 3.65. The molecule has 1 aliphatic heterocycles. The highest BCUT2D eigenvalue weighted by Crippen LogP contribution is 2.24. The molecule has 92 valence electrons. The van der Waals surface area contributed by atoms with Gasteiger partial charge in [-0.05, 0) is 25.0 Å². The van der Waals surface area contributed by atoms with Gasteiger partial charge in [-0.15, -0.1) is 0 Å². The number of nitrogens with two attached hydrogens (primary N) is 2. The van der Waals surface area contributed by atoms with Crippen LogP contribution in [0.2, 0.25) is 0 Å². The van der Waals surface area contributed by atoms with Gasteiger partial charge in [0.25, 0.3) is 5.91 Å². The lowest BCUT2D eigenvalue weighted by Crippen LogP contribution is -2.30. The number of amides is 1. The van der Waals surface area contributed by atoms with E-state index in [0.717, 1.165) is 18.8 Å². The topological polar surface area (TPSA) is 85.2 Å². The lowest BCUT2D eigenvalue weighted by Gasteiger charge is -2.19. The zero-order valence-corrected chi connectivity index (χ0v) is 10.2. The van der Waals surface area contributed by atoms with Gasteiger partial charge in [-0.3, -0.25) is 4.79 Å². The standard InChI is InChI=1S/C12H18N4O/c1-7-5-16(6-10(7)13)12-9(11(14)17)4-3-8(2)15-12/h3-4,7,10H,5-6,13H2,1-2H3,(H2,14,17). The summed E-state index contributed by atoms with van der Waals surface area (Å²) in [7, 11) is 0. The molecule has 1 fully saturated rings. The highest BCUT2D eigenvalue weighted by molar-refractivity contribution is 5.97. The number of pyridine rings is 1. The number of carbonyl (C=O) groups excluding carboxylic acids is 1. The first kappa shape index (κ1) is 11.9. The second kappa shape index (κ2) is 4.33. The molecular formula is C12H18N4O. The van der Waals surface area contributed by atoms with Gasteiger partial charge in [0.15, 0.2) is 0 Å². The van der Waals surface area contributed by atoms with Crippen LogP contribution in [-0.2, 0) is 0 Å². The number of carbonyl (C=O) groups is 1. The number of rotatable bonds is 2. The van der Waals surface area contributed by atoms with Crippen LogP contribution in [0.5, 0.6) is 0 Å². The van der Waals surface area contributed by atoms with E-state index in [1.165, 1.54) is 0 Å². The summed E-state index contributed by atoms with van der Waals surface area (Å²) in [5, 5.41) is 0. The fourth-order valence-corrected chi connectivity index (χ4v) is 2.14. The minimum absolute atomic E-state index is 0.123. The largest absolute Gasteiger partial charge is 0.365 e. The lowest BCUT2D eigenvalue weighted by atomic mass is 10.1. The van der Waals surface area contributed by atoms with E-state index in [0.29, 0.717) is 17.3 Å². The van der Waals surface area contributed by atoms with Crippen LogP contribution in [0.25, 0.3) is 0 Å². The molecule has 1 aliphatic rings. The summed E-state index contributed by atoms with van der Waals surface area (Å²) in [4.78, 5) is 17.8. The highest BCUT2D eigenvalue weighted by Gasteiger charge is 2.29. The summed E-state index contributed by atoms with van der Waals surface area (Å²) >= 11 is 0. The van der Waals surface area contributed by atoms with E-state index in [4.69, 9.17) is 11.5 Å². The minimum Gasteiger partial charge on any atom is -0.365 e. The maximum absolute atomic E-state index is 11.4. The van der Waals surface area contributed by atoms with Crippen molar-refractivity contribution in [2.24, 2.45) is 17.4 Å². The molecule has 1 saturated heterocycles. The maximum Gasteiger partial charge on any atom is 0.252 e. The lowest BCUT2D eigenvalue weighted by molar-refractivity contribution is 0.100. The Morgan fingerprint density at radius 1 is 1.47 bits per heavy atom. The molecule has 5 heteroatoms. The van der Waals surface area contributed by atoms with Crippen LogP contribution >= 0.6 is 0 Å². The van der Waals surface area contributed by atoms with Crippen molar-refractivity contribution >= 4 is 11.7 Å². The number of hydrogen-bond acceptors (Lipinski definition) is 4. The van der Waals surface area contributed by atoms with Gasteiger partial charge < -0.3 is 16.4 Å². The van der Waals surface area contributed by atoms with Crippen LogP contribution in [0.3, 0.4) is 0 Å². The zero-order chi connectivity index (χ0) is 12.6. The molecule has 2 heterocycles. The van der Waals surface area contributed by atoms with Crippen LogP contribution in [0.1, 0.15) is 23.0 Å². The molecule has 0 aromatic carbocycles. The summed E-state index contributed by atoms with van der Waals surface area (Å²) in [5.74, 6) is 0.621. The van der Waals surface area contributed by atoms with Gasteiger partial charge in [-0.1, -0.05) is 6.92 Å². The monoisotopic (exact) mass is 234 g/mol. The van der Waals surface area contributed by atoms with E-state index in [2.05, 4.69) is 11.9 Å². The zero-order valence-electron chi connectivity index (χ0n) is 10.2. The van der Waals surface area contributed by atoms with Crippen LogP contribution < -0.4 is 16.4 Å². The van der Waals surface area contributed by atoms with Crippen molar-refractivity contribution in [3.8, 4) is 0 Å². The number of hydrogen-bond donors (Lipinski definition) is 2. The highest BCUT2D eigenvalue weighted by atomic mass is 16.1. The molecular weight excluding hydrogens is 216 g/mol. The quantitative estimate of drug-likeness (QED) is 0.769. The Bertz CT molecular complexity index is 436. The van der Waals surface area contributed by atoms with Gasteiger partial charge in [0.05, 0.1) is 5.56 Å². The molecule has 2 atom stereocenters. The van der Waals surface area contributed by atoms with E-state index in [1.54, 1.807) is 12.1 Å². The summed E-state index contributed by atoms with van der Waals surface area (Å²) < 4.78 is 0. The van der Waals surface area contributed by atoms with Crippen molar-refractivity contribution in [3.63, 3.8) is 0 Å². The van der Waals surface area contributed by atoms with E-state index < -0.39 is 5.91 Å². The van der Waals surface area contributed by atoms with Gasteiger partial charge >= 0.3 is 0 Å². The second-order valence-corrected chi connectivity index (χ2v) is 4.73. The average Bonchev–Trinajstić information content (AvgIpc) is 2.58. The Morgan fingerprint density at radius 2 is 2.18 bits per heavy atom. The molecule has 0 aliphatic carbocycles. The van der Waals surface area contributed by atoms with Crippen molar-refractivity contribution in [1.29, 1.82) is 0 Å². The minimum atomic E-state index is -0.444. The molecule has 1 aromatic heterocycles. The number of anilines is 1. The Kier molecular flexibility index (Phi) is 3.02. The molecule has 2 rings (SSSR count). The van der Waals surface area contributed by atoms with Crippen molar-refractivity contribution in [2.45, 2.75) is 19.9 Å². The average molecular weight is 234 g/mol. The van der Waals surface area contributed by atoms with Crippen molar-refractivity contribution in [3.05, 3.63) is 23.4 Å². The third kappa shape index (κ3) is 2.24. The van der Waals surface area contributed by atoms with Crippen LogP contribution in [0, 0.1) is 12.8 Å². The van der Waals surface area contributed by atoms with Gasteiger partial charge in [-0.25, -0.2) is 4.98 Å². The van der Waals surface area contributed by atoms with Gasteiger partial charge in [-0.2, -0.15) is 0 Å². The molecule has 0 saturated carbocycles. The Labute approximate surface area is 101 Å². The first-order valence-electron chi connectivity index (χ1n) is 5.77. The summed E-state index contributed by atoms with van der Waals surface area (Å²) in [6.07, 6.45) is 0. The Hall–Kier alpha value is -1.62. The molecule has 0 bridgehead atoms. The van der Waals surface area contributed by atoms with Crippen LogP contribution in [0.4, 0.5) is 5.82 Å². The fraction of sp³-hybridized carbons (Fsp3) is 0.500. The van der Waals surface area contributed by atoms with Crippen molar-refractivity contribution in [1.82, 2.24) is 4.98 Å². The maximum atomic E-state index is 11.4. The molecule has 2 unspecified atom stereocenters. The third-order valence-electron chi connectivity index (χ3n) is 3.25. The molecule has 5 nitrogen and oxygen atoms in total. The Morgan fingerprint density at radius 3 is 2.71 bits per heavy atom. The van der Waals surface area contributed by atoms with Crippen molar-refractivity contribution in [2.75, 3.05) is 18.0 Å². The third-order valence-corrected chi connectivity index (χ3v) is 3.25. The molecule has 1 amide bonds. The number of aryl methyl sites for hydroxylation is 1. The van der Waals surface area contributed by atoms with Gasteiger partial charge in [0.2, 0.25) is 0 Å². The molecule has 17 heavy (non-hydrogen) atoms. The fourth-order valence-electron chi connectivity index (χ4n) is 2.14. The first-order valence-corrected chi connectivity index (χ1v) is 5.77. The number of nitrogens with zero attached hydrogens (tertiary/aromatic N) is 2. The van der Waals surface area contributed by atoms with E-state index in [-0.39, 0.29) is 6.04 Å². The summed E-state index contributed by atoms with van der Waals surface area (Å²) in [6.45, 7) is 5.54. The van der Waals surface area contributed by atoms with Crippen LogP contribution in [0.15, 0.2) is 12.1 Å². The molecule has 0 spiro atoms. The normalized spacial score (nSPS) is 24.1. The van der Waals surface area contributed by atoms with E-state index in [1.807, 2.05) is 11.8 Å². The van der Waals surface area contributed by atoms with Gasteiger partial charge in [0, 0.05) is 24.8 Å². The number of aromatic nitrogens is 1. The van der Waals surface area contributed by atoms with Crippen molar-refractivity contribution < 1.29 is 4.79 Å². The Balaban J connectivity index is 2.37. The van der Waals surface area contributed by atoms with E-state index >= 15 is 0 Å². The second-order valence-electron chi connectivity index (χ2n) is 4.73. The molecule has 4 N–H and O–H groups in total. The van der Waals surface area contributed by atoms with Gasteiger partial charge in [0.1, 0.15) is 5.82 Å².